The van der Waals surface area contributed by atoms with Crippen molar-refractivity contribution in [2.24, 2.45) is 0 Å². The quantitative estimate of drug-likeness (QED) is 0.588. The van der Waals surface area contributed by atoms with E-state index in [4.69, 9.17) is 12.2 Å². The molecule has 0 fully saturated rings. The van der Waals surface area contributed by atoms with Crippen LogP contribution in [-0.2, 0) is 0 Å². The summed E-state index contributed by atoms with van der Waals surface area (Å²) in [6.07, 6.45) is 2.42. The van der Waals surface area contributed by atoms with Crippen molar-refractivity contribution in [3.8, 4) is 0 Å². The van der Waals surface area contributed by atoms with Crippen LogP contribution < -0.4 is 0 Å². The Balaban J connectivity index is 4.11. The van der Waals surface area contributed by atoms with Gasteiger partial charge < -0.3 is 4.90 Å². The van der Waals surface area contributed by atoms with Gasteiger partial charge in [-0.3, -0.25) is 0 Å². The molecule has 66 valence electrons. The van der Waals surface area contributed by atoms with Crippen molar-refractivity contribution in [1.29, 1.82) is 0 Å². The Morgan fingerprint density at radius 1 is 1.36 bits per heavy atom. The van der Waals surface area contributed by atoms with Crippen LogP contribution in [0.1, 0.15) is 40.5 Å². The summed E-state index contributed by atoms with van der Waals surface area (Å²) in [7, 11) is 0. The molecule has 0 aliphatic rings. The van der Waals surface area contributed by atoms with E-state index >= 15 is 0 Å². The normalized spacial score (nSPS) is 11.3. The number of hydrogen-bond donors (Lipinski definition) is 0. The Hall–Kier alpha value is -0.110. The van der Waals surface area contributed by atoms with Gasteiger partial charge in [-0.1, -0.05) is 25.6 Å². The van der Waals surface area contributed by atoms with Crippen molar-refractivity contribution in [3.05, 3.63) is 0 Å². The minimum Gasteiger partial charge on any atom is -0.364 e. The average molecular weight is 173 g/mol. The zero-order valence-corrected chi connectivity index (χ0v) is 8.87. The molecule has 0 aromatic carbocycles. The zero-order valence-electron chi connectivity index (χ0n) is 8.05. The summed E-state index contributed by atoms with van der Waals surface area (Å²) >= 11 is 4.94. The fourth-order valence-electron chi connectivity index (χ4n) is 1.40. The van der Waals surface area contributed by atoms with Gasteiger partial charge in [0, 0.05) is 12.1 Å². The number of thiocarbonyl (C=S) groups is 1. The molecule has 0 unspecified atom stereocenters. The van der Waals surface area contributed by atoms with Crippen LogP contribution >= 0.6 is 12.2 Å². The molecule has 0 aliphatic carbocycles. The summed E-state index contributed by atoms with van der Waals surface area (Å²) < 4.78 is 0. The van der Waals surface area contributed by atoms with E-state index in [1.54, 1.807) is 5.49 Å². The monoisotopic (exact) mass is 173 g/mol. The van der Waals surface area contributed by atoms with Crippen molar-refractivity contribution < 1.29 is 0 Å². The fourth-order valence-corrected chi connectivity index (χ4v) is 1.84. The molecule has 0 atom stereocenters. The third-order valence-electron chi connectivity index (χ3n) is 2.11. The molecule has 0 N–H and O–H groups in total. The van der Waals surface area contributed by atoms with Gasteiger partial charge in [-0.25, -0.2) is 0 Å². The first-order valence-electron chi connectivity index (χ1n) is 4.30. The molecule has 0 saturated carbocycles. The van der Waals surface area contributed by atoms with E-state index in [0.717, 1.165) is 6.54 Å². The number of hydrogen-bond acceptors (Lipinski definition) is 1. The molecule has 0 spiro atoms. The molecule has 0 amide bonds. The topological polar surface area (TPSA) is 3.24 Å². The standard InChI is InChI=1S/C9H19NS/c1-5-7-9(3,4)10(6-2)8-11/h8H,5-7H2,1-4H3. The predicted molar refractivity (Wildman–Crippen MR) is 55.0 cm³/mol. The SMILES string of the molecule is CCCC(C)(C)N(C=S)CC. The van der Waals surface area contributed by atoms with E-state index in [9.17, 15) is 0 Å². The lowest BCUT2D eigenvalue weighted by atomic mass is 9.97. The summed E-state index contributed by atoms with van der Waals surface area (Å²) in [4.78, 5) is 2.21. The number of nitrogens with zero attached hydrogens (tertiary/aromatic N) is 1. The first-order chi connectivity index (χ1) is 5.08. The number of rotatable bonds is 5. The second kappa shape index (κ2) is 4.70. The molecule has 2 heteroatoms. The van der Waals surface area contributed by atoms with Gasteiger partial charge in [0.15, 0.2) is 0 Å². The van der Waals surface area contributed by atoms with E-state index in [2.05, 4.69) is 32.6 Å². The first-order valence-corrected chi connectivity index (χ1v) is 4.77. The van der Waals surface area contributed by atoms with E-state index < -0.39 is 0 Å². The second-order valence-corrected chi connectivity index (χ2v) is 3.66. The van der Waals surface area contributed by atoms with Crippen LogP contribution in [0.2, 0.25) is 0 Å². The summed E-state index contributed by atoms with van der Waals surface area (Å²) in [5, 5.41) is 0. The lowest BCUT2D eigenvalue weighted by Gasteiger charge is -2.36. The molecule has 0 saturated heterocycles. The third-order valence-corrected chi connectivity index (χ3v) is 2.36. The van der Waals surface area contributed by atoms with Gasteiger partial charge in [0.1, 0.15) is 0 Å². The van der Waals surface area contributed by atoms with Crippen LogP contribution in [0.3, 0.4) is 0 Å². The van der Waals surface area contributed by atoms with Crippen LogP contribution in [-0.4, -0.2) is 22.5 Å². The smallest absolute Gasteiger partial charge is 0.0645 e. The van der Waals surface area contributed by atoms with Crippen molar-refractivity contribution >= 4 is 17.7 Å². The molecule has 0 radical (unpaired) electrons. The van der Waals surface area contributed by atoms with Crippen LogP contribution in [0.25, 0.3) is 0 Å². The van der Waals surface area contributed by atoms with Gasteiger partial charge in [-0.05, 0) is 27.2 Å². The van der Waals surface area contributed by atoms with Crippen LogP contribution in [0.15, 0.2) is 0 Å². The third kappa shape index (κ3) is 3.19. The molecule has 0 heterocycles. The van der Waals surface area contributed by atoms with Gasteiger partial charge >= 0.3 is 0 Å². The Labute approximate surface area is 75.8 Å². The Kier molecular flexibility index (Phi) is 4.66. The molecular weight excluding hydrogens is 154 g/mol. The van der Waals surface area contributed by atoms with E-state index in [1.807, 2.05) is 0 Å². The first kappa shape index (κ1) is 10.9. The van der Waals surface area contributed by atoms with E-state index in [-0.39, 0.29) is 5.54 Å². The summed E-state index contributed by atoms with van der Waals surface area (Å²) in [6.45, 7) is 9.83. The maximum Gasteiger partial charge on any atom is 0.0645 e. The van der Waals surface area contributed by atoms with Gasteiger partial charge in [-0.15, -0.1) is 0 Å². The molecule has 11 heavy (non-hydrogen) atoms. The summed E-state index contributed by atoms with van der Waals surface area (Å²) in [5.41, 5.74) is 2.01. The Morgan fingerprint density at radius 2 is 1.91 bits per heavy atom. The van der Waals surface area contributed by atoms with Gasteiger partial charge in [0.2, 0.25) is 0 Å². The van der Waals surface area contributed by atoms with Crippen LogP contribution in [0.4, 0.5) is 0 Å². The fraction of sp³-hybridized carbons (Fsp3) is 0.889. The minimum absolute atomic E-state index is 0.241. The van der Waals surface area contributed by atoms with Crippen molar-refractivity contribution in [3.63, 3.8) is 0 Å². The summed E-state index contributed by atoms with van der Waals surface area (Å²) in [5.74, 6) is 0. The molecule has 0 aromatic heterocycles. The van der Waals surface area contributed by atoms with E-state index in [1.165, 1.54) is 12.8 Å². The highest BCUT2D eigenvalue weighted by molar-refractivity contribution is 7.78. The van der Waals surface area contributed by atoms with Gasteiger partial charge in [-0.2, -0.15) is 0 Å². The maximum atomic E-state index is 4.94. The molecule has 0 aliphatic heterocycles. The highest BCUT2D eigenvalue weighted by Gasteiger charge is 2.21. The lowest BCUT2D eigenvalue weighted by Crippen LogP contribution is -2.42. The lowest BCUT2D eigenvalue weighted by molar-refractivity contribution is 0.217. The van der Waals surface area contributed by atoms with Gasteiger partial charge in [0.25, 0.3) is 0 Å². The maximum absolute atomic E-state index is 4.94. The molecular formula is C9H19NS. The predicted octanol–water partition coefficient (Wildman–Crippen LogP) is 2.84. The average Bonchev–Trinajstić information content (AvgIpc) is 1.89. The Morgan fingerprint density at radius 3 is 2.18 bits per heavy atom. The molecule has 0 bridgehead atoms. The van der Waals surface area contributed by atoms with Crippen molar-refractivity contribution in [2.45, 2.75) is 46.1 Å². The van der Waals surface area contributed by atoms with Gasteiger partial charge in [0.05, 0.1) is 5.49 Å². The highest BCUT2D eigenvalue weighted by atomic mass is 32.1. The van der Waals surface area contributed by atoms with Crippen LogP contribution in [0.5, 0.6) is 0 Å². The largest absolute Gasteiger partial charge is 0.364 e. The highest BCUT2D eigenvalue weighted by Crippen LogP contribution is 2.18. The Bertz CT molecular complexity index is 121. The second-order valence-electron chi connectivity index (χ2n) is 3.45. The van der Waals surface area contributed by atoms with Crippen molar-refractivity contribution in [2.75, 3.05) is 6.54 Å². The zero-order chi connectivity index (χ0) is 8.91. The van der Waals surface area contributed by atoms with E-state index in [0.29, 0.717) is 0 Å². The molecule has 1 nitrogen and oxygen atoms in total. The molecule has 0 aromatic rings. The minimum atomic E-state index is 0.241. The van der Waals surface area contributed by atoms with Crippen LogP contribution in [0, 0.1) is 0 Å². The molecule has 0 rings (SSSR count). The summed E-state index contributed by atoms with van der Waals surface area (Å²) in [6, 6.07) is 0. The van der Waals surface area contributed by atoms with Crippen molar-refractivity contribution in [1.82, 2.24) is 4.90 Å².